The van der Waals surface area contributed by atoms with Crippen molar-refractivity contribution in [2.45, 2.75) is 78.2 Å². The quantitative estimate of drug-likeness (QED) is 0.427. The van der Waals surface area contributed by atoms with E-state index < -0.39 is 6.03 Å². The second-order valence-electron chi connectivity index (χ2n) is 9.76. The van der Waals surface area contributed by atoms with Gasteiger partial charge < -0.3 is 10.5 Å². The van der Waals surface area contributed by atoms with Crippen molar-refractivity contribution in [1.29, 1.82) is 0 Å². The molecule has 0 aromatic rings. The van der Waals surface area contributed by atoms with E-state index in [0.29, 0.717) is 17.8 Å². The van der Waals surface area contributed by atoms with Crippen molar-refractivity contribution in [3.05, 3.63) is 11.6 Å². The lowest BCUT2D eigenvalue weighted by Crippen LogP contribution is -2.50. The Labute approximate surface area is 167 Å². The molecule has 0 radical (unpaired) electrons. The lowest BCUT2D eigenvalue weighted by atomic mass is 9.48. The van der Waals surface area contributed by atoms with Crippen LogP contribution in [0.4, 0.5) is 4.79 Å². The van der Waals surface area contributed by atoms with Gasteiger partial charge in [0.1, 0.15) is 6.10 Å². The number of allylic oxidation sites excluding steroid dienone is 1. The van der Waals surface area contributed by atoms with Gasteiger partial charge in [-0.05, 0) is 68.1 Å². The summed E-state index contributed by atoms with van der Waals surface area (Å²) in [4.78, 5) is 22.5. The normalized spacial score (nSPS) is 43.4. The van der Waals surface area contributed by atoms with Crippen molar-refractivity contribution in [2.24, 2.45) is 39.4 Å². The number of ether oxygens (including phenoxy) is 1. The molecule has 4 aliphatic carbocycles. The summed E-state index contributed by atoms with van der Waals surface area (Å²) in [6.07, 6.45) is 11.0. The Kier molecular flexibility index (Phi) is 4.79. The van der Waals surface area contributed by atoms with E-state index in [9.17, 15) is 9.59 Å². The molecule has 0 bridgehead atoms. The molecule has 0 unspecified atom stereocenters. The zero-order chi connectivity index (χ0) is 20.1. The van der Waals surface area contributed by atoms with Crippen LogP contribution < -0.4 is 11.2 Å². The Bertz CT molecular complexity index is 745. The van der Waals surface area contributed by atoms with Crippen molar-refractivity contribution in [3.8, 4) is 0 Å². The first-order chi connectivity index (χ1) is 13.2. The van der Waals surface area contributed by atoms with Crippen LogP contribution in [0.5, 0.6) is 0 Å². The minimum Gasteiger partial charge on any atom is -0.462 e. The molecular formula is C22H33N3O3. The fourth-order valence-corrected chi connectivity index (χ4v) is 7.06. The number of hydrazone groups is 1. The number of nitrogens with one attached hydrogen (secondary N) is 1. The fraction of sp³-hybridized carbons (Fsp3) is 0.773. The minimum atomic E-state index is -0.587. The van der Waals surface area contributed by atoms with Crippen molar-refractivity contribution < 1.29 is 14.3 Å². The summed E-state index contributed by atoms with van der Waals surface area (Å²) in [6.45, 7) is 6.29. The van der Waals surface area contributed by atoms with Gasteiger partial charge in [-0.15, -0.1) is 0 Å². The maximum Gasteiger partial charge on any atom is 0.332 e. The van der Waals surface area contributed by atoms with Gasteiger partial charge in [-0.2, -0.15) is 5.10 Å². The highest BCUT2D eigenvalue weighted by Gasteiger charge is 2.58. The molecule has 0 spiro atoms. The van der Waals surface area contributed by atoms with Crippen molar-refractivity contribution in [2.75, 3.05) is 0 Å². The van der Waals surface area contributed by atoms with Gasteiger partial charge in [-0.3, -0.25) is 4.79 Å². The Morgan fingerprint density at radius 2 is 1.89 bits per heavy atom. The third-order valence-corrected chi connectivity index (χ3v) is 8.43. The predicted octanol–water partition coefficient (Wildman–Crippen LogP) is 3.91. The van der Waals surface area contributed by atoms with E-state index in [1.54, 1.807) is 0 Å². The summed E-state index contributed by atoms with van der Waals surface area (Å²) < 4.78 is 5.53. The van der Waals surface area contributed by atoms with Crippen LogP contribution in [0.1, 0.15) is 72.1 Å². The highest BCUT2D eigenvalue weighted by molar-refractivity contribution is 5.93. The van der Waals surface area contributed by atoms with Crippen molar-refractivity contribution in [1.82, 2.24) is 5.43 Å². The molecular weight excluding hydrogens is 354 g/mol. The van der Waals surface area contributed by atoms with Crippen molar-refractivity contribution >= 4 is 17.7 Å². The monoisotopic (exact) mass is 387 g/mol. The maximum atomic E-state index is 11.4. The van der Waals surface area contributed by atoms with Crippen LogP contribution in [0.15, 0.2) is 16.8 Å². The van der Waals surface area contributed by atoms with Gasteiger partial charge in [-0.25, -0.2) is 10.2 Å². The number of hydrogen-bond acceptors (Lipinski definition) is 4. The Balaban J connectivity index is 1.56. The first-order valence-corrected chi connectivity index (χ1v) is 10.7. The van der Waals surface area contributed by atoms with E-state index in [1.165, 1.54) is 18.9 Å². The summed E-state index contributed by atoms with van der Waals surface area (Å²) in [5, 5.41) is 4.38. The zero-order valence-corrected chi connectivity index (χ0v) is 17.3. The molecule has 6 nitrogen and oxygen atoms in total. The molecule has 6 atom stereocenters. The van der Waals surface area contributed by atoms with Crippen LogP contribution in [0, 0.1) is 28.6 Å². The third kappa shape index (κ3) is 3.05. The van der Waals surface area contributed by atoms with E-state index in [0.717, 1.165) is 50.7 Å². The standard InChI is InChI=1S/C22H33N3O3/c1-13(26)28-15-8-10-21(2)14(12-15)4-5-16-17-6-7-19(24-25-20(23)27)22(17,3)11-9-18(16)21/h4,15-18H,5-12H2,1-3H3,(H3,23,25,27)/b24-19+/t15-,16-,17-,18-,21-,22-/m0/s1. The van der Waals surface area contributed by atoms with Gasteiger partial charge >= 0.3 is 12.0 Å². The average Bonchev–Trinajstić information content (AvgIpc) is 2.96. The Morgan fingerprint density at radius 1 is 1.18 bits per heavy atom. The van der Waals surface area contributed by atoms with Crippen LogP contribution in [-0.4, -0.2) is 23.8 Å². The smallest absolute Gasteiger partial charge is 0.332 e. The molecule has 154 valence electrons. The molecule has 28 heavy (non-hydrogen) atoms. The largest absolute Gasteiger partial charge is 0.462 e. The molecule has 3 fully saturated rings. The molecule has 3 N–H and O–H groups in total. The lowest BCUT2D eigenvalue weighted by molar-refractivity contribution is -0.148. The summed E-state index contributed by atoms with van der Waals surface area (Å²) in [5.41, 5.74) is 10.6. The second kappa shape index (κ2) is 6.89. The number of urea groups is 1. The molecule has 0 aromatic heterocycles. The molecule has 3 saturated carbocycles. The molecule has 4 rings (SSSR count). The number of hydrogen-bond donors (Lipinski definition) is 2. The van der Waals surface area contributed by atoms with Crippen LogP contribution in [0.25, 0.3) is 0 Å². The topological polar surface area (TPSA) is 93.8 Å². The van der Waals surface area contributed by atoms with Gasteiger partial charge in [0.15, 0.2) is 0 Å². The molecule has 6 heteroatoms. The van der Waals surface area contributed by atoms with E-state index in [2.05, 4.69) is 30.5 Å². The molecule has 0 heterocycles. The number of amides is 2. The SMILES string of the molecule is CC(=O)O[C@H]1CC[C@@]2(C)C(=CC[C@@H]3[C@@H]2CC[C@]2(C)/C(=N/NC(N)=O)CC[C@@H]32)C1. The number of carbonyl (C=O) groups is 2. The van der Waals surface area contributed by atoms with E-state index in [4.69, 9.17) is 10.5 Å². The molecule has 0 saturated heterocycles. The molecule has 0 aromatic carbocycles. The van der Waals surface area contributed by atoms with E-state index >= 15 is 0 Å². The summed E-state index contributed by atoms with van der Waals surface area (Å²) in [7, 11) is 0. The Morgan fingerprint density at radius 3 is 2.61 bits per heavy atom. The predicted molar refractivity (Wildman–Crippen MR) is 107 cm³/mol. The second-order valence-corrected chi connectivity index (χ2v) is 9.76. The zero-order valence-electron chi connectivity index (χ0n) is 17.3. The van der Waals surface area contributed by atoms with Crippen LogP contribution >= 0.6 is 0 Å². The lowest BCUT2D eigenvalue weighted by Gasteiger charge is -2.57. The first-order valence-electron chi connectivity index (χ1n) is 10.7. The summed E-state index contributed by atoms with van der Waals surface area (Å²) in [5.74, 6) is 1.80. The number of nitrogens with zero attached hydrogens (tertiary/aromatic N) is 1. The van der Waals surface area contributed by atoms with Gasteiger partial charge in [0, 0.05) is 24.5 Å². The highest BCUT2D eigenvalue weighted by atomic mass is 16.5. The van der Waals surface area contributed by atoms with E-state index in [1.807, 2.05) is 0 Å². The number of nitrogens with two attached hydrogens (primary N) is 1. The number of esters is 1. The number of primary amides is 1. The first kappa shape index (κ1) is 19.5. The summed E-state index contributed by atoms with van der Waals surface area (Å²) in [6, 6.07) is -0.587. The van der Waals surface area contributed by atoms with Gasteiger partial charge in [0.25, 0.3) is 0 Å². The van der Waals surface area contributed by atoms with Crippen LogP contribution in [0.2, 0.25) is 0 Å². The maximum absolute atomic E-state index is 11.4. The van der Waals surface area contributed by atoms with Gasteiger partial charge in [0.2, 0.25) is 0 Å². The third-order valence-electron chi connectivity index (χ3n) is 8.43. The van der Waals surface area contributed by atoms with Crippen LogP contribution in [-0.2, 0) is 9.53 Å². The van der Waals surface area contributed by atoms with Gasteiger partial charge in [-0.1, -0.05) is 25.5 Å². The fourth-order valence-electron chi connectivity index (χ4n) is 7.06. The van der Waals surface area contributed by atoms with E-state index in [-0.39, 0.29) is 22.9 Å². The molecule has 4 aliphatic rings. The number of carbonyl (C=O) groups excluding carboxylic acids is 2. The summed E-state index contributed by atoms with van der Waals surface area (Å²) >= 11 is 0. The highest BCUT2D eigenvalue weighted by Crippen LogP contribution is 2.64. The number of fused-ring (bicyclic) bond motifs is 5. The minimum absolute atomic E-state index is 0.0484. The molecule has 0 aliphatic heterocycles. The van der Waals surface area contributed by atoms with Crippen molar-refractivity contribution in [3.63, 3.8) is 0 Å². The van der Waals surface area contributed by atoms with Gasteiger partial charge in [0.05, 0.1) is 0 Å². The molecule has 2 amide bonds. The average molecular weight is 388 g/mol. The van der Waals surface area contributed by atoms with Crippen LogP contribution in [0.3, 0.4) is 0 Å². The number of rotatable bonds is 2. The Hall–Kier alpha value is -1.85.